The lowest BCUT2D eigenvalue weighted by atomic mass is 9.98. The van der Waals surface area contributed by atoms with Crippen molar-refractivity contribution in [2.45, 2.75) is 29.1 Å². The Hall–Kier alpha value is -2.41. The fourth-order valence-corrected chi connectivity index (χ4v) is 5.63. The number of aliphatic carboxylic acids is 1. The van der Waals surface area contributed by atoms with Crippen LogP contribution in [0.1, 0.15) is 24.8 Å². The van der Waals surface area contributed by atoms with E-state index in [0.29, 0.717) is 28.7 Å². The molecule has 1 atom stereocenters. The van der Waals surface area contributed by atoms with Crippen LogP contribution in [-0.2, 0) is 9.59 Å². The zero-order chi connectivity index (χ0) is 24.1. The lowest BCUT2D eigenvalue weighted by Crippen LogP contribution is -2.38. The van der Waals surface area contributed by atoms with Gasteiger partial charge in [-0.05, 0) is 55.2 Å². The maximum absolute atomic E-state index is 12.4. The van der Waals surface area contributed by atoms with Gasteiger partial charge in [-0.1, -0.05) is 59.2 Å². The second kappa shape index (κ2) is 11.3. The molecular formula is C26H26Cl2N2O3S. The van der Waals surface area contributed by atoms with Crippen molar-refractivity contribution in [3.05, 3.63) is 70.2 Å². The third-order valence-corrected chi connectivity index (χ3v) is 8.09. The second-order valence-electron chi connectivity index (χ2n) is 8.38. The molecule has 0 bridgehead atoms. The zero-order valence-corrected chi connectivity index (χ0v) is 21.0. The number of amides is 1. The van der Waals surface area contributed by atoms with Crippen LogP contribution in [-0.4, -0.2) is 48.1 Å². The van der Waals surface area contributed by atoms with Crippen molar-refractivity contribution in [2.24, 2.45) is 5.92 Å². The summed E-state index contributed by atoms with van der Waals surface area (Å²) in [7, 11) is 0. The second-order valence-corrected chi connectivity index (χ2v) is 10.3. The SMILES string of the molecule is O=C(O)C1CCCN(c2cccc(Sc3ccc(C=CC(=O)N4CC=CCC4)c(Cl)c3Cl)c2)C1. The first-order valence-electron chi connectivity index (χ1n) is 11.3. The molecule has 178 valence electrons. The summed E-state index contributed by atoms with van der Waals surface area (Å²) in [6.07, 6.45) is 9.77. The van der Waals surface area contributed by atoms with Gasteiger partial charge in [0, 0.05) is 47.7 Å². The Morgan fingerprint density at radius 1 is 1.09 bits per heavy atom. The third-order valence-electron chi connectivity index (χ3n) is 6.03. The number of nitrogens with zero attached hydrogens (tertiary/aromatic N) is 2. The van der Waals surface area contributed by atoms with Gasteiger partial charge in [-0.25, -0.2) is 0 Å². The molecule has 0 aromatic heterocycles. The topological polar surface area (TPSA) is 60.9 Å². The van der Waals surface area contributed by atoms with Gasteiger partial charge in [-0.3, -0.25) is 9.59 Å². The number of halogens is 2. The van der Waals surface area contributed by atoms with Gasteiger partial charge in [0.25, 0.3) is 0 Å². The molecule has 5 nitrogen and oxygen atoms in total. The quantitative estimate of drug-likeness (QED) is 0.363. The molecule has 2 aliphatic heterocycles. The van der Waals surface area contributed by atoms with E-state index in [1.807, 2.05) is 36.4 Å². The predicted octanol–water partition coefficient (Wildman–Crippen LogP) is 6.25. The highest BCUT2D eigenvalue weighted by atomic mass is 35.5. The molecule has 1 saturated heterocycles. The number of carboxylic acids is 1. The summed E-state index contributed by atoms with van der Waals surface area (Å²) in [4.78, 5) is 29.5. The minimum atomic E-state index is -0.736. The molecule has 2 aromatic rings. The van der Waals surface area contributed by atoms with E-state index in [0.717, 1.165) is 47.8 Å². The molecule has 4 rings (SSSR count). The highest BCUT2D eigenvalue weighted by Gasteiger charge is 2.25. The number of carboxylic acid groups (broad SMARTS) is 1. The van der Waals surface area contributed by atoms with Gasteiger partial charge in [0.1, 0.15) is 0 Å². The molecule has 2 aromatic carbocycles. The number of carbonyl (C=O) groups is 2. The van der Waals surface area contributed by atoms with Crippen LogP contribution < -0.4 is 4.90 Å². The lowest BCUT2D eigenvalue weighted by Gasteiger charge is -2.32. The summed E-state index contributed by atoms with van der Waals surface area (Å²) in [6, 6.07) is 11.8. The first-order valence-corrected chi connectivity index (χ1v) is 12.9. The Kier molecular flexibility index (Phi) is 8.24. The van der Waals surface area contributed by atoms with Crippen molar-refractivity contribution < 1.29 is 14.7 Å². The van der Waals surface area contributed by atoms with Crippen LogP contribution in [0, 0.1) is 5.92 Å². The molecule has 34 heavy (non-hydrogen) atoms. The summed E-state index contributed by atoms with van der Waals surface area (Å²) >= 11 is 14.6. The Balaban J connectivity index is 1.46. The molecule has 0 saturated carbocycles. The molecule has 8 heteroatoms. The van der Waals surface area contributed by atoms with Gasteiger partial charge in [-0.2, -0.15) is 0 Å². The normalized spacial score (nSPS) is 18.5. The molecule has 0 spiro atoms. The van der Waals surface area contributed by atoms with E-state index in [4.69, 9.17) is 23.2 Å². The molecule has 1 amide bonds. The first kappa shape index (κ1) is 24.7. The Labute approximate surface area is 214 Å². The Morgan fingerprint density at radius 2 is 1.94 bits per heavy atom. The Bertz CT molecular complexity index is 1140. The number of benzene rings is 2. The number of rotatable bonds is 6. The van der Waals surface area contributed by atoms with Crippen LogP contribution in [0.15, 0.2) is 64.4 Å². The van der Waals surface area contributed by atoms with E-state index in [9.17, 15) is 14.7 Å². The average Bonchev–Trinajstić information content (AvgIpc) is 2.87. The lowest BCUT2D eigenvalue weighted by molar-refractivity contribution is -0.142. The standard InChI is InChI=1S/C26H26Cl2N2O3S/c27-24-18(10-12-23(31)29-13-2-1-3-14-29)9-11-22(25(24)28)34-21-8-4-7-20(16-21)30-15-5-6-19(17-30)26(32)33/h1-2,4,7-12,16,19H,3,5-6,13-15,17H2,(H,32,33). The fraction of sp³-hybridized carbons (Fsp3) is 0.308. The number of hydrogen-bond donors (Lipinski definition) is 1. The van der Waals surface area contributed by atoms with Gasteiger partial charge in [0.05, 0.1) is 16.0 Å². The summed E-state index contributed by atoms with van der Waals surface area (Å²) in [6.45, 7) is 2.71. The van der Waals surface area contributed by atoms with Gasteiger partial charge in [-0.15, -0.1) is 0 Å². The largest absolute Gasteiger partial charge is 0.481 e. The predicted molar refractivity (Wildman–Crippen MR) is 139 cm³/mol. The summed E-state index contributed by atoms with van der Waals surface area (Å²) in [5.74, 6) is -1.12. The van der Waals surface area contributed by atoms with Crippen LogP contribution in [0.4, 0.5) is 5.69 Å². The summed E-state index contributed by atoms with van der Waals surface area (Å²) in [5.41, 5.74) is 1.70. The van der Waals surface area contributed by atoms with Gasteiger partial charge in [0.2, 0.25) is 5.91 Å². The Morgan fingerprint density at radius 3 is 2.71 bits per heavy atom. The number of piperidine rings is 1. The van der Waals surface area contributed by atoms with Crippen molar-refractivity contribution in [1.29, 1.82) is 0 Å². The van der Waals surface area contributed by atoms with Crippen LogP contribution in [0.25, 0.3) is 6.08 Å². The maximum atomic E-state index is 12.4. The van der Waals surface area contributed by atoms with Gasteiger partial charge in [0.15, 0.2) is 0 Å². The molecule has 2 heterocycles. The monoisotopic (exact) mass is 516 g/mol. The molecule has 1 unspecified atom stereocenters. The van der Waals surface area contributed by atoms with Crippen LogP contribution in [0.3, 0.4) is 0 Å². The zero-order valence-electron chi connectivity index (χ0n) is 18.6. The van der Waals surface area contributed by atoms with E-state index >= 15 is 0 Å². The van der Waals surface area contributed by atoms with E-state index in [-0.39, 0.29) is 11.8 Å². The number of anilines is 1. The van der Waals surface area contributed by atoms with Gasteiger partial charge >= 0.3 is 5.97 Å². The van der Waals surface area contributed by atoms with E-state index < -0.39 is 5.97 Å². The minimum absolute atomic E-state index is 0.0466. The van der Waals surface area contributed by atoms with Crippen molar-refractivity contribution in [1.82, 2.24) is 4.90 Å². The van der Waals surface area contributed by atoms with Crippen molar-refractivity contribution in [2.75, 3.05) is 31.1 Å². The molecule has 0 radical (unpaired) electrons. The van der Waals surface area contributed by atoms with E-state index in [1.165, 1.54) is 17.8 Å². The van der Waals surface area contributed by atoms with Gasteiger partial charge < -0.3 is 14.9 Å². The van der Waals surface area contributed by atoms with Crippen molar-refractivity contribution >= 4 is 58.6 Å². The van der Waals surface area contributed by atoms with Crippen molar-refractivity contribution in [3.8, 4) is 0 Å². The highest BCUT2D eigenvalue weighted by molar-refractivity contribution is 7.99. The van der Waals surface area contributed by atoms with Crippen LogP contribution in [0.5, 0.6) is 0 Å². The smallest absolute Gasteiger partial charge is 0.308 e. The van der Waals surface area contributed by atoms with Crippen molar-refractivity contribution in [3.63, 3.8) is 0 Å². The highest BCUT2D eigenvalue weighted by Crippen LogP contribution is 2.40. The van der Waals surface area contributed by atoms with Crippen LogP contribution in [0.2, 0.25) is 10.0 Å². The van der Waals surface area contributed by atoms with E-state index in [2.05, 4.69) is 17.0 Å². The first-order chi connectivity index (χ1) is 16.4. The van der Waals surface area contributed by atoms with E-state index in [1.54, 1.807) is 11.0 Å². The number of carbonyl (C=O) groups excluding carboxylic acids is 1. The summed E-state index contributed by atoms with van der Waals surface area (Å²) < 4.78 is 0. The molecule has 0 aliphatic carbocycles. The summed E-state index contributed by atoms with van der Waals surface area (Å²) in [5, 5.41) is 10.2. The molecule has 2 aliphatic rings. The minimum Gasteiger partial charge on any atom is -0.481 e. The average molecular weight is 517 g/mol. The van der Waals surface area contributed by atoms with Crippen LogP contribution >= 0.6 is 35.0 Å². The molecule has 1 N–H and O–H groups in total. The molecular weight excluding hydrogens is 491 g/mol. The third kappa shape index (κ3) is 5.98. The number of hydrogen-bond acceptors (Lipinski definition) is 4. The molecule has 1 fully saturated rings. The maximum Gasteiger partial charge on any atom is 0.308 e. The fourth-order valence-electron chi connectivity index (χ4n) is 4.15.